The second-order valence-electron chi connectivity index (χ2n) is 7.04. The lowest BCUT2D eigenvalue weighted by Crippen LogP contribution is -2.54. The standard InChI is InChI=1S/C21H24N2O3/c24-18-8-6-16(7-9-18)14-22-12-10-19-20(11-13-22)26-15-21(25)23(19)17-4-2-1-3-5-17/h1-9,19-20,24H,10-15H2/t19-,20-/m0/s1. The highest BCUT2D eigenvalue weighted by atomic mass is 16.5. The van der Waals surface area contributed by atoms with Crippen molar-refractivity contribution in [2.45, 2.75) is 31.5 Å². The summed E-state index contributed by atoms with van der Waals surface area (Å²) in [4.78, 5) is 16.9. The first-order valence-electron chi connectivity index (χ1n) is 9.20. The summed E-state index contributed by atoms with van der Waals surface area (Å²) in [7, 11) is 0. The first-order chi connectivity index (χ1) is 12.7. The fraction of sp³-hybridized carbons (Fsp3) is 0.381. The molecular formula is C21H24N2O3. The van der Waals surface area contributed by atoms with Gasteiger partial charge in [0.2, 0.25) is 0 Å². The fourth-order valence-corrected chi connectivity index (χ4v) is 3.98. The van der Waals surface area contributed by atoms with Crippen molar-refractivity contribution in [1.82, 2.24) is 4.90 Å². The number of benzene rings is 2. The number of aromatic hydroxyl groups is 1. The lowest BCUT2D eigenvalue weighted by atomic mass is 10.0. The van der Waals surface area contributed by atoms with Gasteiger partial charge in [-0.05, 0) is 42.7 Å². The molecule has 0 unspecified atom stereocenters. The van der Waals surface area contributed by atoms with Gasteiger partial charge >= 0.3 is 0 Å². The van der Waals surface area contributed by atoms with Gasteiger partial charge < -0.3 is 14.7 Å². The summed E-state index contributed by atoms with van der Waals surface area (Å²) in [5, 5.41) is 9.44. The highest BCUT2D eigenvalue weighted by molar-refractivity contribution is 5.95. The van der Waals surface area contributed by atoms with Crippen LogP contribution in [0.4, 0.5) is 5.69 Å². The molecule has 2 saturated heterocycles. The summed E-state index contributed by atoms with van der Waals surface area (Å²) in [5.74, 6) is 0.338. The molecule has 0 saturated carbocycles. The zero-order valence-electron chi connectivity index (χ0n) is 14.8. The predicted octanol–water partition coefficient (Wildman–Crippen LogP) is 2.79. The molecule has 1 N–H and O–H groups in total. The summed E-state index contributed by atoms with van der Waals surface area (Å²) in [5.41, 5.74) is 2.15. The summed E-state index contributed by atoms with van der Waals surface area (Å²) < 4.78 is 5.89. The third-order valence-corrected chi connectivity index (χ3v) is 5.30. The largest absolute Gasteiger partial charge is 0.508 e. The molecule has 26 heavy (non-hydrogen) atoms. The van der Waals surface area contributed by atoms with Crippen molar-refractivity contribution >= 4 is 11.6 Å². The minimum Gasteiger partial charge on any atom is -0.508 e. The number of amides is 1. The molecule has 1 amide bonds. The molecule has 2 atom stereocenters. The maximum Gasteiger partial charge on any atom is 0.253 e. The molecule has 0 aliphatic carbocycles. The van der Waals surface area contributed by atoms with E-state index in [1.165, 1.54) is 5.56 Å². The summed E-state index contributed by atoms with van der Waals surface area (Å²) in [6.45, 7) is 2.87. The minimum absolute atomic E-state index is 0.0458. The van der Waals surface area contributed by atoms with Crippen LogP contribution in [-0.4, -0.2) is 47.8 Å². The molecule has 2 aliphatic rings. The zero-order valence-corrected chi connectivity index (χ0v) is 14.8. The lowest BCUT2D eigenvalue weighted by Gasteiger charge is -2.40. The number of anilines is 1. The van der Waals surface area contributed by atoms with Crippen LogP contribution < -0.4 is 4.90 Å². The topological polar surface area (TPSA) is 53.0 Å². The molecule has 0 bridgehead atoms. The van der Waals surface area contributed by atoms with Crippen molar-refractivity contribution < 1.29 is 14.6 Å². The molecule has 0 radical (unpaired) electrons. The van der Waals surface area contributed by atoms with E-state index < -0.39 is 0 Å². The van der Waals surface area contributed by atoms with E-state index in [1.807, 2.05) is 47.4 Å². The maximum absolute atomic E-state index is 12.5. The van der Waals surface area contributed by atoms with Crippen LogP contribution in [0.2, 0.25) is 0 Å². The second kappa shape index (κ2) is 7.48. The van der Waals surface area contributed by atoms with Crippen LogP contribution in [0, 0.1) is 0 Å². The Bertz CT molecular complexity index is 748. The van der Waals surface area contributed by atoms with E-state index in [9.17, 15) is 9.90 Å². The molecular weight excluding hydrogens is 328 g/mol. The normalized spacial score (nSPS) is 24.2. The quantitative estimate of drug-likeness (QED) is 0.923. The fourth-order valence-electron chi connectivity index (χ4n) is 3.98. The Hall–Kier alpha value is -2.37. The third kappa shape index (κ3) is 3.59. The number of phenolic OH excluding ortho intramolecular Hbond substituents is 1. The van der Waals surface area contributed by atoms with Crippen molar-refractivity contribution in [2.24, 2.45) is 0 Å². The molecule has 5 heteroatoms. The monoisotopic (exact) mass is 352 g/mol. The van der Waals surface area contributed by atoms with Crippen LogP contribution >= 0.6 is 0 Å². The third-order valence-electron chi connectivity index (χ3n) is 5.30. The summed E-state index contributed by atoms with van der Waals surface area (Å²) in [6.07, 6.45) is 1.89. The number of likely N-dealkylation sites (tertiary alicyclic amines) is 1. The van der Waals surface area contributed by atoms with Crippen LogP contribution in [-0.2, 0) is 16.1 Å². The van der Waals surface area contributed by atoms with E-state index in [-0.39, 0.29) is 24.7 Å². The van der Waals surface area contributed by atoms with Crippen LogP contribution in [0.3, 0.4) is 0 Å². The van der Waals surface area contributed by atoms with E-state index in [2.05, 4.69) is 4.90 Å². The minimum atomic E-state index is 0.0458. The van der Waals surface area contributed by atoms with Crippen molar-refractivity contribution in [3.8, 4) is 5.75 Å². The summed E-state index contributed by atoms with van der Waals surface area (Å²) in [6, 6.07) is 17.4. The van der Waals surface area contributed by atoms with Crippen molar-refractivity contribution in [2.75, 3.05) is 24.6 Å². The van der Waals surface area contributed by atoms with Crippen molar-refractivity contribution in [3.05, 3.63) is 60.2 Å². The van der Waals surface area contributed by atoms with Crippen LogP contribution in [0.15, 0.2) is 54.6 Å². The smallest absolute Gasteiger partial charge is 0.253 e. The number of phenols is 1. The molecule has 5 nitrogen and oxygen atoms in total. The van der Waals surface area contributed by atoms with E-state index in [0.717, 1.165) is 38.2 Å². The van der Waals surface area contributed by atoms with Gasteiger partial charge in [0, 0.05) is 25.3 Å². The van der Waals surface area contributed by atoms with Gasteiger partial charge in [-0.3, -0.25) is 9.69 Å². The number of para-hydroxylation sites is 1. The SMILES string of the molecule is O=C1CO[C@H]2CCN(Cc3ccc(O)cc3)CC[C@@H]2N1c1ccccc1. The Morgan fingerprint density at radius 1 is 1.00 bits per heavy atom. The van der Waals surface area contributed by atoms with E-state index in [1.54, 1.807) is 12.1 Å². The van der Waals surface area contributed by atoms with Gasteiger partial charge in [-0.1, -0.05) is 30.3 Å². The Morgan fingerprint density at radius 2 is 1.73 bits per heavy atom. The molecule has 136 valence electrons. The van der Waals surface area contributed by atoms with Gasteiger partial charge in [-0.15, -0.1) is 0 Å². The molecule has 0 spiro atoms. The number of carbonyl (C=O) groups is 1. The number of hydrogen-bond donors (Lipinski definition) is 1. The molecule has 2 fully saturated rings. The Morgan fingerprint density at radius 3 is 2.50 bits per heavy atom. The van der Waals surface area contributed by atoms with E-state index in [0.29, 0.717) is 5.75 Å². The number of hydrogen-bond acceptors (Lipinski definition) is 4. The maximum atomic E-state index is 12.5. The second-order valence-corrected chi connectivity index (χ2v) is 7.04. The zero-order chi connectivity index (χ0) is 17.9. The molecule has 4 rings (SSSR count). The first-order valence-corrected chi connectivity index (χ1v) is 9.20. The van der Waals surface area contributed by atoms with Gasteiger partial charge in [0.05, 0.1) is 12.1 Å². The average molecular weight is 352 g/mol. The molecule has 2 heterocycles. The first kappa shape index (κ1) is 17.1. The summed E-state index contributed by atoms with van der Waals surface area (Å²) >= 11 is 0. The molecule has 2 aliphatic heterocycles. The van der Waals surface area contributed by atoms with E-state index >= 15 is 0 Å². The van der Waals surface area contributed by atoms with Gasteiger partial charge in [-0.2, -0.15) is 0 Å². The Kier molecular flexibility index (Phi) is 4.91. The predicted molar refractivity (Wildman–Crippen MR) is 100 cm³/mol. The highest BCUT2D eigenvalue weighted by Crippen LogP contribution is 2.29. The molecule has 2 aromatic carbocycles. The average Bonchev–Trinajstić information content (AvgIpc) is 2.87. The number of rotatable bonds is 3. The van der Waals surface area contributed by atoms with Crippen molar-refractivity contribution in [1.29, 1.82) is 0 Å². The molecule has 0 aromatic heterocycles. The number of carbonyl (C=O) groups excluding carboxylic acids is 1. The van der Waals surface area contributed by atoms with Gasteiger partial charge in [0.25, 0.3) is 5.91 Å². The number of fused-ring (bicyclic) bond motifs is 1. The van der Waals surface area contributed by atoms with Gasteiger partial charge in [0.15, 0.2) is 0 Å². The molecule has 2 aromatic rings. The van der Waals surface area contributed by atoms with Crippen LogP contribution in [0.25, 0.3) is 0 Å². The number of morpholine rings is 1. The number of nitrogens with zero attached hydrogens (tertiary/aromatic N) is 2. The number of ether oxygens (including phenoxy) is 1. The van der Waals surface area contributed by atoms with Crippen LogP contribution in [0.5, 0.6) is 5.75 Å². The highest BCUT2D eigenvalue weighted by Gasteiger charge is 2.39. The van der Waals surface area contributed by atoms with Gasteiger partial charge in [0.1, 0.15) is 12.4 Å². The Balaban J connectivity index is 1.49. The van der Waals surface area contributed by atoms with Crippen molar-refractivity contribution in [3.63, 3.8) is 0 Å². The van der Waals surface area contributed by atoms with Crippen LogP contribution in [0.1, 0.15) is 18.4 Å². The lowest BCUT2D eigenvalue weighted by molar-refractivity contribution is -0.132. The van der Waals surface area contributed by atoms with Gasteiger partial charge in [-0.25, -0.2) is 0 Å². The Labute approximate surface area is 153 Å². The van der Waals surface area contributed by atoms with E-state index in [4.69, 9.17) is 4.74 Å².